The van der Waals surface area contributed by atoms with E-state index in [1.54, 1.807) is 12.1 Å². The Morgan fingerprint density at radius 3 is 2.05 bits per heavy atom. The molecule has 2 aromatic carbocycles. The smallest absolute Gasteiger partial charge is 0.161 e. The van der Waals surface area contributed by atoms with Crippen LogP contribution in [-0.2, 0) is 0 Å². The fourth-order valence-corrected chi connectivity index (χ4v) is 1.72. The molecule has 0 heterocycles. The van der Waals surface area contributed by atoms with E-state index >= 15 is 0 Å². The van der Waals surface area contributed by atoms with Crippen LogP contribution in [0.5, 0.6) is 17.2 Å². The Labute approximate surface area is 119 Å². The third-order valence-electron chi connectivity index (χ3n) is 2.64. The number of ether oxygens (including phenoxy) is 3. The molecule has 0 saturated heterocycles. The monoisotopic (exact) mass is 273 g/mol. The molecule has 0 atom stereocenters. The molecule has 4 nitrogen and oxygen atoms in total. The first-order chi connectivity index (χ1) is 9.79. The van der Waals surface area contributed by atoms with Crippen molar-refractivity contribution in [3.63, 3.8) is 0 Å². The van der Waals surface area contributed by atoms with Gasteiger partial charge in [-0.3, -0.25) is 0 Å². The van der Waals surface area contributed by atoms with Crippen LogP contribution in [0.25, 0.3) is 0 Å². The Morgan fingerprint density at radius 2 is 1.40 bits per heavy atom. The maximum absolute atomic E-state index is 5.66. The van der Waals surface area contributed by atoms with Crippen molar-refractivity contribution in [2.45, 2.75) is 6.92 Å². The highest BCUT2D eigenvalue weighted by atomic mass is 16.5. The molecule has 0 aliphatic heterocycles. The van der Waals surface area contributed by atoms with Crippen molar-refractivity contribution in [1.29, 1.82) is 0 Å². The predicted molar refractivity (Wildman–Crippen MR) is 79.5 cm³/mol. The molecule has 20 heavy (non-hydrogen) atoms. The SMILES string of the molecule is CCOc1ccccc1OCCOc1ccc(N)cc1. The van der Waals surface area contributed by atoms with Crippen molar-refractivity contribution >= 4 is 5.69 Å². The van der Waals surface area contributed by atoms with Crippen LogP contribution in [0.2, 0.25) is 0 Å². The standard InChI is InChI=1S/C16H19NO3/c1-2-18-15-5-3-4-6-16(15)20-12-11-19-14-9-7-13(17)8-10-14/h3-10H,2,11-12,17H2,1H3. The van der Waals surface area contributed by atoms with Gasteiger partial charge in [0.1, 0.15) is 19.0 Å². The van der Waals surface area contributed by atoms with Gasteiger partial charge in [0.05, 0.1) is 6.61 Å². The zero-order chi connectivity index (χ0) is 14.2. The average molecular weight is 273 g/mol. The predicted octanol–water partition coefficient (Wildman–Crippen LogP) is 3.13. The minimum absolute atomic E-state index is 0.453. The lowest BCUT2D eigenvalue weighted by Crippen LogP contribution is -2.09. The van der Waals surface area contributed by atoms with E-state index in [1.807, 2.05) is 43.3 Å². The third-order valence-corrected chi connectivity index (χ3v) is 2.64. The molecule has 0 bridgehead atoms. The van der Waals surface area contributed by atoms with Crippen molar-refractivity contribution in [3.05, 3.63) is 48.5 Å². The Bertz CT molecular complexity index is 526. The quantitative estimate of drug-likeness (QED) is 0.622. The van der Waals surface area contributed by atoms with Gasteiger partial charge in [0.25, 0.3) is 0 Å². The number of anilines is 1. The second-order valence-corrected chi connectivity index (χ2v) is 4.15. The van der Waals surface area contributed by atoms with Crippen molar-refractivity contribution in [2.24, 2.45) is 0 Å². The summed E-state index contributed by atoms with van der Waals surface area (Å²) < 4.78 is 16.7. The van der Waals surface area contributed by atoms with Gasteiger partial charge in [-0.1, -0.05) is 12.1 Å². The van der Waals surface area contributed by atoms with Crippen LogP contribution < -0.4 is 19.9 Å². The van der Waals surface area contributed by atoms with E-state index in [2.05, 4.69) is 0 Å². The molecular weight excluding hydrogens is 254 g/mol. The highest BCUT2D eigenvalue weighted by Crippen LogP contribution is 2.26. The fraction of sp³-hybridized carbons (Fsp3) is 0.250. The van der Waals surface area contributed by atoms with Crippen LogP contribution in [0.3, 0.4) is 0 Å². The van der Waals surface area contributed by atoms with E-state index < -0.39 is 0 Å². The summed E-state index contributed by atoms with van der Waals surface area (Å²) in [6.07, 6.45) is 0. The van der Waals surface area contributed by atoms with E-state index in [9.17, 15) is 0 Å². The van der Waals surface area contributed by atoms with Crippen LogP contribution >= 0.6 is 0 Å². The molecule has 0 radical (unpaired) electrons. The first-order valence-corrected chi connectivity index (χ1v) is 6.62. The van der Waals surface area contributed by atoms with Gasteiger partial charge >= 0.3 is 0 Å². The molecule has 0 fully saturated rings. The van der Waals surface area contributed by atoms with Gasteiger partial charge in [-0.15, -0.1) is 0 Å². The Balaban J connectivity index is 1.79. The summed E-state index contributed by atoms with van der Waals surface area (Å²) in [5.41, 5.74) is 6.33. The van der Waals surface area contributed by atoms with Gasteiger partial charge in [-0.2, -0.15) is 0 Å². The molecule has 2 rings (SSSR count). The highest BCUT2D eigenvalue weighted by molar-refractivity contribution is 5.41. The molecule has 0 aliphatic carbocycles. The van der Waals surface area contributed by atoms with Gasteiger partial charge in [-0.05, 0) is 43.3 Å². The molecular formula is C16H19NO3. The molecule has 2 aromatic rings. The van der Waals surface area contributed by atoms with E-state index in [4.69, 9.17) is 19.9 Å². The minimum Gasteiger partial charge on any atom is -0.490 e. The van der Waals surface area contributed by atoms with Crippen LogP contribution in [0, 0.1) is 0 Å². The van der Waals surface area contributed by atoms with Crippen molar-refractivity contribution in [2.75, 3.05) is 25.6 Å². The Morgan fingerprint density at radius 1 is 0.800 bits per heavy atom. The summed E-state index contributed by atoms with van der Waals surface area (Å²) in [4.78, 5) is 0. The molecule has 0 amide bonds. The fourth-order valence-electron chi connectivity index (χ4n) is 1.72. The second kappa shape index (κ2) is 7.28. The lowest BCUT2D eigenvalue weighted by Gasteiger charge is -2.12. The zero-order valence-corrected chi connectivity index (χ0v) is 11.5. The number of nitrogen functional groups attached to an aromatic ring is 1. The number of benzene rings is 2. The van der Waals surface area contributed by atoms with Crippen LogP contribution in [0.1, 0.15) is 6.92 Å². The highest BCUT2D eigenvalue weighted by Gasteiger charge is 2.03. The van der Waals surface area contributed by atoms with Crippen molar-refractivity contribution in [1.82, 2.24) is 0 Å². The molecule has 4 heteroatoms. The van der Waals surface area contributed by atoms with Crippen LogP contribution in [-0.4, -0.2) is 19.8 Å². The third kappa shape index (κ3) is 4.09. The molecule has 0 saturated carbocycles. The molecule has 0 aliphatic rings. The molecule has 0 spiro atoms. The normalized spacial score (nSPS) is 10.1. The summed E-state index contributed by atoms with van der Waals surface area (Å²) in [5, 5.41) is 0. The molecule has 0 aromatic heterocycles. The topological polar surface area (TPSA) is 53.7 Å². The lowest BCUT2D eigenvalue weighted by atomic mass is 10.3. The maximum Gasteiger partial charge on any atom is 0.161 e. The summed E-state index contributed by atoms with van der Waals surface area (Å²) in [6, 6.07) is 14.9. The number of hydrogen-bond donors (Lipinski definition) is 1. The van der Waals surface area contributed by atoms with E-state index in [-0.39, 0.29) is 0 Å². The number of rotatable bonds is 7. The van der Waals surface area contributed by atoms with Crippen LogP contribution in [0.15, 0.2) is 48.5 Å². The minimum atomic E-state index is 0.453. The van der Waals surface area contributed by atoms with Gasteiger partial charge in [0.15, 0.2) is 11.5 Å². The van der Waals surface area contributed by atoms with Gasteiger partial charge in [-0.25, -0.2) is 0 Å². The van der Waals surface area contributed by atoms with Crippen molar-refractivity contribution < 1.29 is 14.2 Å². The summed E-state index contributed by atoms with van der Waals surface area (Å²) in [6.45, 7) is 3.47. The Hall–Kier alpha value is -2.36. The van der Waals surface area contributed by atoms with Crippen molar-refractivity contribution in [3.8, 4) is 17.2 Å². The first kappa shape index (κ1) is 14.1. The second-order valence-electron chi connectivity index (χ2n) is 4.15. The zero-order valence-electron chi connectivity index (χ0n) is 11.5. The first-order valence-electron chi connectivity index (χ1n) is 6.62. The largest absolute Gasteiger partial charge is 0.490 e. The van der Waals surface area contributed by atoms with Crippen LogP contribution in [0.4, 0.5) is 5.69 Å². The molecule has 2 N–H and O–H groups in total. The van der Waals surface area contributed by atoms with Gasteiger partial charge < -0.3 is 19.9 Å². The summed E-state index contributed by atoms with van der Waals surface area (Å²) in [5.74, 6) is 2.26. The van der Waals surface area contributed by atoms with Gasteiger partial charge in [0.2, 0.25) is 0 Å². The number of para-hydroxylation sites is 2. The molecule has 0 unspecified atom stereocenters. The Kier molecular flexibility index (Phi) is 5.12. The average Bonchev–Trinajstić information content (AvgIpc) is 2.47. The molecule has 106 valence electrons. The maximum atomic E-state index is 5.66. The van der Waals surface area contributed by atoms with Gasteiger partial charge in [0, 0.05) is 5.69 Å². The van der Waals surface area contributed by atoms with E-state index in [1.165, 1.54) is 0 Å². The summed E-state index contributed by atoms with van der Waals surface area (Å²) in [7, 11) is 0. The number of hydrogen-bond acceptors (Lipinski definition) is 4. The lowest BCUT2D eigenvalue weighted by molar-refractivity contribution is 0.208. The summed E-state index contributed by atoms with van der Waals surface area (Å²) >= 11 is 0. The number of nitrogens with two attached hydrogens (primary N) is 1. The van der Waals surface area contributed by atoms with E-state index in [0.29, 0.717) is 19.8 Å². The van der Waals surface area contributed by atoms with E-state index in [0.717, 1.165) is 22.9 Å².